The third-order valence-electron chi connectivity index (χ3n) is 4.03. The summed E-state index contributed by atoms with van der Waals surface area (Å²) in [5.41, 5.74) is -0.628. The van der Waals surface area contributed by atoms with Gasteiger partial charge < -0.3 is 15.4 Å². The van der Waals surface area contributed by atoms with Crippen LogP contribution in [-0.4, -0.2) is 30.2 Å². The van der Waals surface area contributed by atoms with Crippen LogP contribution >= 0.6 is 0 Å². The Balaban J connectivity index is 1.81. The van der Waals surface area contributed by atoms with Crippen LogP contribution in [0.4, 0.5) is 4.79 Å². The van der Waals surface area contributed by atoms with Gasteiger partial charge in [0.05, 0.1) is 5.41 Å². The highest BCUT2D eigenvalue weighted by Gasteiger charge is 2.44. The molecule has 2 N–H and O–H groups in total. The summed E-state index contributed by atoms with van der Waals surface area (Å²) in [6.45, 7) is 6.35. The first-order valence-electron chi connectivity index (χ1n) is 7.09. The average molecular weight is 268 g/mol. The molecule has 1 aliphatic heterocycles. The molecule has 0 aromatic rings. The maximum Gasteiger partial charge on any atom is 0.407 e. The minimum absolute atomic E-state index is 0.133. The Bertz CT molecular complexity index is 365. The molecule has 0 bridgehead atoms. The van der Waals surface area contributed by atoms with Gasteiger partial charge in [-0.2, -0.15) is 0 Å². The third-order valence-corrected chi connectivity index (χ3v) is 4.03. The lowest BCUT2D eigenvalue weighted by Crippen LogP contribution is -2.44. The van der Waals surface area contributed by atoms with Gasteiger partial charge in [0, 0.05) is 12.6 Å². The van der Waals surface area contributed by atoms with E-state index in [1.54, 1.807) is 0 Å². The summed E-state index contributed by atoms with van der Waals surface area (Å²) in [6.07, 6.45) is 4.01. The zero-order valence-corrected chi connectivity index (χ0v) is 12.0. The first kappa shape index (κ1) is 14.2. The smallest absolute Gasteiger partial charge is 0.407 e. The van der Waals surface area contributed by atoms with E-state index in [1.807, 2.05) is 20.8 Å². The molecule has 5 heteroatoms. The van der Waals surface area contributed by atoms with E-state index in [2.05, 4.69) is 10.6 Å². The third kappa shape index (κ3) is 3.39. The monoisotopic (exact) mass is 268 g/mol. The first-order valence-corrected chi connectivity index (χ1v) is 7.09. The molecule has 108 valence electrons. The lowest BCUT2D eigenvalue weighted by molar-refractivity contribution is -0.129. The maximum atomic E-state index is 11.8. The lowest BCUT2D eigenvalue weighted by Gasteiger charge is -2.35. The molecule has 2 rings (SSSR count). The van der Waals surface area contributed by atoms with E-state index < -0.39 is 5.60 Å². The molecule has 0 aromatic carbocycles. The van der Waals surface area contributed by atoms with Crippen LogP contribution in [0.25, 0.3) is 0 Å². The van der Waals surface area contributed by atoms with Gasteiger partial charge in [0.1, 0.15) is 5.60 Å². The maximum absolute atomic E-state index is 11.8. The van der Waals surface area contributed by atoms with Crippen LogP contribution in [0.1, 0.15) is 52.9 Å². The second-order valence-electron chi connectivity index (χ2n) is 6.71. The zero-order chi connectivity index (χ0) is 14.1. The number of nitrogens with one attached hydrogen (secondary N) is 2. The molecule has 0 unspecified atom stereocenters. The lowest BCUT2D eigenvalue weighted by atomic mass is 9.71. The summed E-state index contributed by atoms with van der Waals surface area (Å²) in [5.74, 6) is 0.197. The van der Waals surface area contributed by atoms with Gasteiger partial charge in [0.25, 0.3) is 0 Å². The van der Waals surface area contributed by atoms with Crippen LogP contribution in [0.2, 0.25) is 0 Å². The van der Waals surface area contributed by atoms with E-state index >= 15 is 0 Å². The largest absolute Gasteiger partial charge is 0.444 e. The molecular formula is C14H24N2O3. The quantitative estimate of drug-likeness (QED) is 0.764. The highest BCUT2D eigenvalue weighted by Crippen LogP contribution is 2.41. The average Bonchev–Trinajstić information content (AvgIpc) is 2.62. The van der Waals surface area contributed by atoms with Crippen LogP contribution in [0.15, 0.2) is 0 Å². The van der Waals surface area contributed by atoms with Gasteiger partial charge in [-0.15, -0.1) is 0 Å². The highest BCUT2D eigenvalue weighted by atomic mass is 16.6. The van der Waals surface area contributed by atoms with E-state index in [0.717, 1.165) is 38.6 Å². The minimum Gasteiger partial charge on any atom is -0.444 e. The van der Waals surface area contributed by atoms with E-state index in [1.165, 1.54) is 0 Å². The van der Waals surface area contributed by atoms with Crippen molar-refractivity contribution in [3.8, 4) is 0 Å². The van der Waals surface area contributed by atoms with Crippen molar-refractivity contribution in [2.75, 3.05) is 6.54 Å². The fourth-order valence-electron chi connectivity index (χ4n) is 2.98. The van der Waals surface area contributed by atoms with Crippen LogP contribution in [-0.2, 0) is 9.53 Å². The number of ether oxygens (including phenoxy) is 1. The van der Waals surface area contributed by atoms with E-state index in [9.17, 15) is 9.59 Å². The van der Waals surface area contributed by atoms with Crippen molar-refractivity contribution in [1.82, 2.24) is 10.6 Å². The van der Waals surface area contributed by atoms with E-state index in [0.29, 0.717) is 0 Å². The number of carbonyl (C=O) groups is 2. The van der Waals surface area contributed by atoms with Gasteiger partial charge in [0.15, 0.2) is 0 Å². The summed E-state index contributed by atoms with van der Waals surface area (Å²) >= 11 is 0. The van der Waals surface area contributed by atoms with Gasteiger partial charge in [-0.3, -0.25) is 4.79 Å². The molecule has 2 fully saturated rings. The summed E-state index contributed by atoms with van der Waals surface area (Å²) in [5, 5.41) is 5.82. The van der Waals surface area contributed by atoms with Gasteiger partial charge in [-0.05, 0) is 52.9 Å². The topological polar surface area (TPSA) is 67.4 Å². The number of hydrogen-bond donors (Lipinski definition) is 2. The summed E-state index contributed by atoms with van der Waals surface area (Å²) in [6, 6.07) is 0.133. The molecule has 0 atom stereocenters. The van der Waals surface area contributed by atoms with Crippen LogP contribution in [0.3, 0.4) is 0 Å². The molecule has 19 heavy (non-hydrogen) atoms. The second-order valence-corrected chi connectivity index (χ2v) is 6.71. The molecular weight excluding hydrogens is 244 g/mol. The SMILES string of the molecule is CC(C)(C)OC(=O)NC1CCC2(CCNC2=O)CC1. The van der Waals surface area contributed by atoms with Crippen LogP contribution in [0, 0.1) is 5.41 Å². The summed E-state index contributed by atoms with van der Waals surface area (Å²) in [4.78, 5) is 23.5. The molecule has 1 heterocycles. The molecule has 1 spiro atoms. The Morgan fingerprint density at radius 3 is 2.42 bits per heavy atom. The molecule has 1 aliphatic carbocycles. The number of alkyl carbamates (subject to hydrolysis) is 1. The zero-order valence-electron chi connectivity index (χ0n) is 12.0. The van der Waals surface area contributed by atoms with E-state index in [-0.39, 0.29) is 23.5 Å². The Hall–Kier alpha value is -1.26. The Labute approximate surface area is 114 Å². The number of rotatable bonds is 1. The van der Waals surface area contributed by atoms with Gasteiger partial charge in [-0.25, -0.2) is 4.79 Å². The molecule has 5 nitrogen and oxygen atoms in total. The molecule has 1 saturated carbocycles. The second kappa shape index (κ2) is 5.02. The van der Waals surface area contributed by atoms with Gasteiger partial charge in [0.2, 0.25) is 5.91 Å². The Morgan fingerprint density at radius 1 is 1.32 bits per heavy atom. The minimum atomic E-state index is -0.467. The van der Waals surface area contributed by atoms with Crippen molar-refractivity contribution in [2.24, 2.45) is 5.41 Å². The fraction of sp³-hybridized carbons (Fsp3) is 0.857. The molecule has 0 aromatic heterocycles. The van der Waals surface area contributed by atoms with Crippen molar-refractivity contribution in [3.63, 3.8) is 0 Å². The summed E-state index contributed by atoms with van der Waals surface area (Å²) < 4.78 is 5.25. The van der Waals surface area contributed by atoms with Gasteiger partial charge >= 0.3 is 6.09 Å². The van der Waals surface area contributed by atoms with Crippen LogP contribution in [0.5, 0.6) is 0 Å². The van der Waals surface area contributed by atoms with Crippen molar-refractivity contribution < 1.29 is 14.3 Å². The van der Waals surface area contributed by atoms with Crippen molar-refractivity contribution in [2.45, 2.75) is 64.5 Å². The number of carbonyl (C=O) groups excluding carboxylic acids is 2. The van der Waals surface area contributed by atoms with Crippen molar-refractivity contribution in [1.29, 1.82) is 0 Å². The number of amides is 2. The highest BCUT2D eigenvalue weighted by molar-refractivity contribution is 5.84. The summed E-state index contributed by atoms with van der Waals surface area (Å²) in [7, 11) is 0. The Morgan fingerprint density at radius 2 is 1.95 bits per heavy atom. The van der Waals surface area contributed by atoms with Gasteiger partial charge in [-0.1, -0.05) is 0 Å². The molecule has 0 radical (unpaired) electrons. The standard InChI is InChI=1S/C14H24N2O3/c1-13(2,3)19-12(18)16-10-4-6-14(7-5-10)8-9-15-11(14)17/h10H,4-9H2,1-3H3,(H,15,17)(H,16,18). The van der Waals surface area contributed by atoms with E-state index in [4.69, 9.17) is 4.74 Å². The predicted octanol–water partition coefficient (Wildman–Crippen LogP) is 1.96. The van der Waals surface area contributed by atoms with Crippen LogP contribution < -0.4 is 10.6 Å². The first-order chi connectivity index (χ1) is 8.81. The molecule has 1 saturated heterocycles. The normalized spacial score (nSPS) is 31.1. The molecule has 2 aliphatic rings. The van der Waals surface area contributed by atoms with Crippen molar-refractivity contribution in [3.05, 3.63) is 0 Å². The fourth-order valence-corrected chi connectivity index (χ4v) is 2.98. The van der Waals surface area contributed by atoms with Crippen molar-refractivity contribution >= 4 is 12.0 Å². The Kier molecular flexibility index (Phi) is 3.74. The molecule has 2 amide bonds. The predicted molar refractivity (Wildman–Crippen MR) is 71.7 cm³/mol. The number of hydrogen-bond acceptors (Lipinski definition) is 3.